The molecule has 0 spiro atoms. The highest BCUT2D eigenvalue weighted by Gasteiger charge is 2.25. The van der Waals surface area contributed by atoms with Crippen molar-refractivity contribution in [1.82, 2.24) is 14.5 Å². The molecule has 3 heterocycles. The van der Waals surface area contributed by atoms with Crippen LogP contribution in [0.3, 0.4) is 0 Å². The molecule has 11 rings (SSSR count). The van der Waals surface area contributed by atoms with Crippen LogP contribution in [0, 0.1) is 0 Å². The van der Waals surface area contributed by atoms with Gasteiger partial charge in [-0.05, 0) is 92.9 Å². The Bertz CT molecular complexity index is 3490. The SMILES string of the molecule is CC(C)(C)c1cc(-c2cc(-c3ccc(-c4ccccc4)cc3)ccn2)cc(-c2cccc3c2nc(-c2cc4c(cc2O)oc2ccccc24)n3-c2ccccc2-c2ccccc2)c1. The van der Waals surface area contributed by atoms with Crippen LogP contribution in [0.1, 0.15) is 26.3 Å². The maximum absolute atomic E-state index is 11.9. The van der Waals surface area contributed by atoms with E-state index in [-0.39, 0.29) is 11.2 Å². The number of phenolic OH excluding ortho intramolecular Hbond substituents is 1. The fourth-order valence-electron chi connectivity index (χ4n) is 8.84. The fourth-order valence-corrected chi connectivity index (χ4v) is 8.84. The highest BCUT2D eigenvalue weighted by Crippen LogP contribution is 2.44. The van der Waals surface area contributed by atoms with Gasteiger partial charge in [0.2, 0.25) is 0 Å². The second-order valence-corrected chi connectivity index (χ2v) is 17.2. The van der Waals surface area contributed by atoms with Gasteiger partial charge in [0, 0.05) is 39.7 Å². The van der Waals surface area contributed by atoms with E-state index in [1.54, 1.807) is 6.07 Å². The first-order valence-electron chi connectivity index (χ1n) is 21.4. The van der Waals surface area contributed by atoms with Gasteiger partial charge in [-0.1, -0.05) is 160 Å². The maximum Gasteiger partial charge on any atom is 0.149 e. The van der Waals surface area contributed by atoms with E-state index in [0.717, 1.165) is 77.7 Å². The normalized spacial score (nSPS) is 11.8. The van der Waals surface area contributed by atoms with Gasteiger partial charge in [-0.15, -0.1) is 0 Å². The number of rotatable bonds is 7. The lowest BCUT2D eigenvalue weighted by Crippen LogP contribution is -2.11. The Hall–Kier alpha value is -8.02. The first kappa shape index (κ1) is 37.9. The summed E-state index contributed by atoms with van der Waals surface area (Å²) in [6.07, 6.45) is 1.91. The van der Waals surface area contributed by atoms with Crippen molar-refractivity contribution in [3.05, 3.63) is 206 Å². The minimum atomic E-state index is -0.156. The fraction of sp³-hybridized carbons (Fsp3) is 0.0690. The van der Waals surface area contributed by atoms with Crippen molar-refractivity contribution in [2.75, 3.05) is 0 Å². The first-order valence-corrected chi connectivity index (χ1v) is 21.4. The van der Waals surface area contributed by atoms with E-state index >= 15 is 0 Å². The number of fused-ring (bicyclic) bond motifs is 4. The average molecular weight is 814 g/mol. The molecule has 3 aromatic heterocycles. The Morgan fingerprint density at radius 1 is 0.476 bits per heavy atom. The van der Waals surface area contributed by atoms with Crippen LogP contribution in [0.15, 0.2) is 205 Å². The zero-order valence-corrected chi connectivity index (χ0v) is 35.2. The molecule has 0 radical (unpaired) electrons. The zero-order chi connectivity index (χ0) is 42.7. The minimum Gasteiger partial charge on any atom is -0.507 e. The topological polar surface area (TPSA) is 64.1 Å². The van der Waals surface area contributed by atoms with Crippen LogP contribution in [-0.4, -0.2) is 19.6 Å². The van der Waals surface area contributed by atoms with E-state index in [1.165, 1.54) is 16.7 Å². The molecule has 0 fully saturated rings. The molecule has 0 aliphatic carbocycles. The van der Waals surface area contributed by atoms with Gasteiger partial charge >= 0.3 is 0 Å². The van der Waals surface area contributed by atoms with Crippen LogP contribution in [0.5, 0.6) is 5.75 Å². The molecule has 0 aliphatic rings. The van der Waals surface area contributed by atoms with Gasteiger partial charge in [-0.2, -0.15) is 0 Å². The largest absolute Gasteiger partial charge is 0.507 e. The molecule has 8 aromatic carbocycles. The summed E-state index contributed by atoms with van der Waals surface area (Å²) in [4.78, 5) is 10.5. The number of benzene rings is 8. The Morgan fingerprint density at radius 2 is 1.13 bits per heavy atom. The molecule has 302 valence electrons. The highest BCUT2D eigenvalue weighted by atomic mass is 16.3. The number of nitrogens with zero attached hydrogens (tertiary/aromatic N) is 3. The number of imidazole rings is 1. The molecule has 5 nitrogen and oxygen atoms in total. The molecular weight excluding hydrogens is 771 g/mol. The number of pyridine rings is 1. The van der Waals surface area contributed by atoms with Crippen molar-refractivity contribution in [3.8, 4) is 78.6 Å². The van der Waals surface area contributed by atoms with E-state index in [2.05, 4.69) is 177 Å². The predicted octanol–water partition coefficient (Wildman–Crippen LogP) is 15.3. The predicted molar refractivity (Wildman–Crippen MR) is 259 cm³/mol. The summed E-state index contributed by atoms with van der Waals surface area (Å²) in [6.45, 7) is 6.75. The van der Waals surface area contributed by atoms with Crippen molar-refractivity contribution in [3.63, 3.8) is 0 Å². The van der Waals surface area contributed by atoms with E-state index in [9.17, 15) is 5.11 Å². The highest BCUT2D eigenvalue weighted by molar-refractivity contribution is 6.07. The smallest absolute Gasteiger partial charge is 0.149 e. The molecule has 0 saturated carbocycles. The van der Waals surface area contributed by atoms with Gasteiger partial charge in [0.25, 0.3) is 0 Å². The second kappa shape index (κ2) is 15.2. The van der Waals surface area contributed by atoms with E-state index in [0.29, 0.717) is 17.0 Å². The molecule has 1 N–H and O–H groups in total. The third kappa shape index (κ3) is 6.84. The summed E-state index contributed by atoms with van der Waals surface area (Å²) in [6, 6.07) is 67.2. The molecule has 0 bridgehead atoms. The maximum atomic E-state index is 11.9. The molecule has 0 unspecified atom stereocenters. The molecule has 0 aliphatic heterocycles. The van der Waals surface area contributed by atoms with Crippen LogP contribution in [0.4, 0.5) is 0 Å². The number of aromatic hydroxyl groups is 1. The summed E-state index contributed by atoms with van der Waals surface area (Å²) >= 11 is 0. The Balaban J connectivity index is 1.11. The summed E-state index contributed by atoms with van der Waals surface area (Å²) in [7, 11) is 0. The molecule has 5 heteroatoms. The average Bonchev–Trinajstić information content (AvgIpc) is 3.89. The molecular formula is C58H43N3O2. The van der Waals surface area contributed by atoms with Crippen LogP contribution < -0.4 is 0 Å². The lowest BCUT2D eigenvalue weighted by Gasteiger charge is -2.22. The van der Waals surface area contributed by atoms with Crippen molar-refractivity contribution in [2.45, 2.75) is 26.2 Å². The Morgan fingerprint density at radius 3 is 1.90 bits per heavy atom. The van der Waals surface area contributed by atoms with Gasteiger partial charge in [-0.3, -0.25) is 9.55 Å². The number of hydrogen-bond acceptors (Lipinski definition) is 4. The summed E-state index contributed by atoms with van der Waals surface area (Å²) < 4.78 is 8.40. The standard InChI is InChI=1S/C58H43N3O2/c1-58(2,3)44-32-42(31-43(33-44)50-34-41(29-30-59-50)39-27-25-38(26-28-39)37-15-6-4-7-16-37)46-21-14-23-52-56(46)60-57(61(52)51-22-12-10-19-45(51)40-17-8-5-9-18-40)49-35-48-47-20-11-13-24-54(47)63-55(48)36-53(49)62/h4-36,62H,1-3H3. The lowest BCUT2D eigenvalue weighted by molar-refractivity contribution is 0.476. The van der Waals surface area contributed by atoms with Crippen molar-refractivity contribution < 1.29 is 9.52 Å². The first-order chi connectivity index (χ1) is 30.8. The Kier molecular flexibility index (Phi) is 9.13. The number of phenols is 1. The van der Waals surface area contributed by atoms with Crippen LogP contribution in [-0.2, 0) is 5.41 Å². The van der Waals surface area contributed by atoms with E-state index in [1.807, 2.05) is 42.6 Å². The van der Waals surface area contributed by atoms with E-state index < -0.39 is 0 Å². The van der Waals surface area contributed by atoms with E-state index in [4.69, 9.17) is 14.4 Å². The number of furan rings is 1. The summed E-state index contributed by atoms with van der Waals surface area (Å²) in [5, 5.41) is 13.8. The van der Waals surface area contributed by atoms with Gasteiger partial charge in [0.05, 0.1) is 28.0 Å². The third-order valence-electron chi connectivity index (χ3n) is 12.1. The monoisotopic (exact) mass is 813 g/mol. The van der Waals surface area contributed by atoms with Crippen molar-refractivity contribution >= 4 is 33.0 Å². The van der Waals surface area contributed by atoms with Gasteiger partial charge in [0.1, 0.15) is 22.7 Å². The van der Waals surface area contributed by atoms with Crippen LogP contribution in [0.2, 0.25) is 0 Å². The van der Waals surface area contributed by atoms with Gasteiger partial charge in [0.15, 0.2) is 0 Å². The lowest BCUT2D eigenvalue weighted by atomic mass is 9.83. The molecule has 0 atom stereocenters. The van der Waals surface area contributed by atoms with Gasteiger partial charge < -0.3 is 9.52 Å². The minimum absolute atomic E-state index is 0.0922. The number of hydrogen-bond donors (Lipinski definition) is 1. The van der Waals surface area contributed by atoms with Crippen molar-refractivity contribution in [1.29, 1.82) is 0 Å². The molecule has 11 aromatic rings. The Labute approximate surface area is 366 Å². The molecule has 63 heavy (non-hydrogen) atoms. The number of para-hydroxylation sites is 3. The second-order valence-electron chi connectivity index (χ2n) is 17.2. The molecule has 0 saturated heterocycles. The molecule has 0 amide bonds. The third-order valence-corrected chi connectivity index (χ3v) is 12.1. The zero-order valence-electron chi connectivity index (χ0n) is 35.2. The quantitative estimate of drug-likeness (QED) is 0.174. The van der Waals surface area contributed by atoms with Crippen LogP contribution in [0.25, 0.3) is 106 Å². The summed E-state index contributed by atoms with van der Waals surface area (Å²) in [5.74, 6) is 0.722. The van der Waals surface area contributed by atoms with Crippen molar-refractivity contribution in [2.24, 2.45) is 0 Å². The number of aromatic nitrogens is 3. The van der Waals surface area contributed by atoms with Gasteiger partial charge in [-0.25, -0.2) is 4.98 Å². The summed E-state index contributed by atoms with van der Waals surface area (Å²) in [5.41, 5.74) is 16.4. The van der Waals surface area contributed by atoms with Crippen LogP contribution >= 0.6 is 0 Å².